The molecule has 0 bridgehead atoms. The van der Waals surface area contributed by atoms with E-state index in [9.17, 15) is 4.79 Å². The fraction of sp³-hybridized carbons (Fsp3) is 0.143. The maximum Gasteiger partial charge on any atom is 0.257 e. The molecule has 0 fully saturated rings. The summed E-state index contributed by atoms with van der Waals surface area (Å²) in [7, 11) is 0. The highest BCUT2D eigenvalue weighted by Crippen LogP contribution is 2.16. The van der Waals surface area contributed by atoms with Crippen molar-refractivity contribution in [1.29, 1.82) is 0 Å². The zero-order chi connectivity index (χ0) is 13.7. The van der Waals surface area contributed by atoms with E-state index < -0.39 is 0 Å². The van der Waals surface area contributed by atoms with E-state index in [0.29, 0.717) is 11.4 Å². The molecule has 19 heavy (non-hydrogen) atoms. The first-order valence-corrected chi connectivity index (χ1v) is 6.06. The number of aromatic nitrogens is 1. The number of nitrogens with two attached hydrogens (primary N) is 1. The van der Waals surface area contributed by atoms with Gasteiger partial charge in [-0.2, -0.15) is 0 Å². The smallest absolute Gasteiger partial charge is 0.257 e. The molecule has 0 unspecified atom stereocenters. The van der Waals surface area contributed by atoms with Crippen LogP contribution < -0.4 is 16.6 Å². The Morgan fingerprint density at radius 3 is 2.68 bits per heavy atom. The predicted octanol–water partition coefficient (Wildman–Crippen LogP) is 2.18. The van der Waals surface area contributed by atoms with Gasteiger partial charge in [-0.3, -0.25) is 4.79 Å². The molecule has 1 heterocycles. The van der Waals surface area contributed by atoms with Gasteiger partial charge in [0.05, 0.1) is 5.56 Å². The van der Waals surface area contributed by atoms with Crippen molar-refractivity contribution in [3.63, 3.8) is 0 Å². The Kier molecular flexibility index (Phi) is 4.10. The molecule has 1 amide bonds. The summed E-state index contributed by atoms with van der Waals surface area (Å²) in [5.74, 6) is 5.56. The molecule has 5 heteroatoms. The first kappa shape index (κ1) is 13.0. The predicted molar refractivity (Wildman–Crippen MR) is 75.8 cm³/mol. The number of hydrazine groups is 1. The lowest BCUT2D eigenvalue weighted by molar-refractivity contribution is 0.102. The van der Waals surface area contributed by atoms with Crippen molar-refractivity contribution in [2.45, 2.75) is 13.3 Å². The van der Waals surface area contributed by atoms with Gasteiger partial charge in [-0.05, 0) is 30.2 Å². The standard InChI is InChI=1S/C14H16N4O/c1-2-10-5-3-4-6-12(10)17-14(19)11-7-8-13(18-15)16-9-11/h3-9H,2,15H2,1H3,(H,16,18)(H,17,19). The van der Waals surface area contributed by atoms with Crippen LogP contribution in [0.1, 0.15) is 22.8 Å². The lowest BCUT2D eigenvalue weighted by Gasteiger charge is -2.09. The van der Waals surface area contributed by atoms with Gasteiger partial charge in [-0.25, -0.2) is 10.8 Å². The largest absolute Gasteiger partial charge is 0.322 e. The van der Waals surface area contributed by atoms with Crippen LogP contribution in [0.2, 0.25) is 0 Å². The normalized spacial score (nSPS) is 10.0. The number of nitrogen functional groups attached to an aromatic ring is 1. The van der Waals surface area contributed by atoms with Gasteiger partial charge >= 0.3 is 0 Å². The number of amides is 1. The quantitative estimate of drug-likeness (QED) is 0.578. The molecule has 98 valence electrons. The molecule has 4 N–H and O–H groups in total. The third-order valence-corrected chi connectivity index (χ3v) is 2.82. The van der Waals surface area contributed by atoms with Crippen LogP contribution in [-0.4, -0.2) is 10.9 Å². The van der Waals surface area contributed by atoms with E-state index in [1.807, 2.05) is 31.2 Å². The Bertz CT molecular complexity index is 566. The Morgan fingerprint density at radius 1 is 1.26 bits per heavy atom. The molecular formula is C14H16N4O. The molecular weight excluding hydrogens is 240 g/mol. The molecule has 0 spiro atoms. The number of pyridine rings is 1. The van der Waals surface area contributed by atoms with E-state index in [1.165, 1.54) is 6.20 Å². The number of carbonyl (C=O) groups is 1. The van der Waals surface area contributed by atoms with Crippen molar-refractivity contribution in [1.82, 2.24) is 4.98 Å². The minimum atomic E-state index is -0.183. The summed E-state index contributed by atoms with van der Waals surface area (Å²) in [6, 6.07) is 11.1. The van der Waals surface area contributed by atoms with Crippen LogP contribution >= 0.6 is 0 Å². The molecule has 2 rings (SSSR count). The molecule has 0 aliphatic heterocycles. The third kappa shape index (κ3) is 3.08. The molecule has 2 aromatic rings. The lowest BCUT2D eigenvalue weighted by Crippen LogP contribution is -2.14. The van der Waals surface area contributed by atoms with Crippen LogP contribution in [-0.2, 0) is 6.42 Å². The van der Waals surface area contributed by atoms with Gasteiger partial charge < -0.3 is 10.7 Å². The first-order chi connectivity index (χ1) is 9.24. The van der Waals surface area contributed by atoms with Gasteiger partial charge in [-0.1, -0.05) is 25.1 Å². The Morgan fingerprint density at radius 2 is 2.05 bits per heavy atom. The van der Waals surface area contributed by atoms with Crippen LogP contribution in [0.3, 0.4) is 0 Å². The molecule has 0 atom stereocenters. The SMILES string of the molecule is CCc1ccccc1NC(=O)c1ccc(NN)nc1. The molecule has 0 saturated heterocycles. The molecule has 5 nitrogen and oxygen atoms in total. The zero-order valence-electron chi connectivity index (χ0n) is 10.7. The zero-order valence-corrected chi connectivity index (χ0v) is 10.7. The van der Waals surface area contributed by atoms with Crippen molar-refractivity contribution < 1.29 is 4.79 Å². The van der Waals surface area contributed by atoms with Crippen molar-refractivity contribution in [3.8, 4) is 0 Å². The number of nitrogens with one attached hydrogen (secondary N) is 2. The van der Waals surface area contributed by atoms with Gasteiger partial charge in [-0.15, -0.1) is 0 Å². The monoisotopic (exact) mass is 256 g/mol. The highest BCUT2D eigenvalue weighted by Gasteiger charge is 2.08. The number of para-hydroxylation sites is 1. The molecule has 0 saturated carbocycles. The van der Waals surface area contributed by atoms with Gasteiger partial charge in [0.1, 0.15) is 5.82 Å². The minimum absolute atomic E-state index is 0.183. The fourth-order valence-corrected chi connectivity index (χ4v) is 1.76. The van der Waals surface area contributed by atoms with Crippen LogP contribution in [0.4, 0.5) is 11.5 Å². The first-order valence-electron chi connectivity index (χ1n) is 6.06. The number of rotatable bonds is 4. The van der Waals surface area contributed by atoms with E-state index in [1.54, 1.807) is 12.1 Å². The van der Waals surface area contributed by atoms with Crippen molar-refractivity contribution in [3.05, 3.63) is 53.7 Å². The summed E-state index contributed by atoms with van der Waals surface area (Å²) in [6.07, 6.45) is 2.35. The summed E-state index contributed by atoms with van der Waals surface area (Å²) in [4.78, 5) is 16.1. The summed E-state index contributed by atoms with van der Waals surface area (Å²) in [6.45, 7) is 2.05. The highest BCUT2D eigenvalue weighted by molar-refractivity contribution is 6.04. The second kappa shape index (κ2) is 5.97. The van der Waals surface area contributed by atoms with Crippen LogP contribution in [0.15, 0.2) is 42.6 Å². The molecule has 0 radical (unpaired) electrons. The maximum atomic E-state index is 12.1. The number of benzene rings is 1. The number of aryl methyl sites for hydroxylation is 1. The van der Waals surface area contributed by atoms with Gasteiger partial charge in [0.2, 0.25) is 0 Å². The molecule has 0 aliphatic carbocycles. The van der Waals surface area contributed by atoms with Crippen LogP contribution in [0, 0.1) is 0 Å². The van der Waals surface area contributed by atoms with E-state index >= 15 is 0 Å². The Balaban J connectivity index is 2.16. The van der Waals surface area contributed by atoms with Gasteiger partial charge in [0, 0.05) is 11.9 Å². The Labute approximate surface area is 111 Å². The summed E-state index contributed by atoms with van der Waals surface area (Å²) >= 11 is 0. The fourth-order valence-electron chi connectivity index (χ4n) is 1.76. The molecule has 0 aliphatic rings. The number of nitrogens with zero attached hydrogens (tertiary/aromatic N) is 1. The number of hydrogen-bond donors (Lipinski definition) is 3. The number of hydrogen-bond acceptors (Lipinski definition) is 4. The minimum Gasteiger partial charge on any atom is -0.322 e. The lowest BCUT2D eigenvalue weighted by atomic mass is 10.1. The van der Waals surface area contributed by atoms with Crippen molar-refractivity contribution >= 4 is 17.4 Å². The third-order valence-electron chi connectivity index (χ3n) is 2.82. The highest BCUT2D eigenvalue weighted by atomic mass is 16.1. The second-order valence-electron chi connectivity index (χ2n) is 4.04. The van der Waals surface area contributed by atoms with E-state index in [0.717, 1.165) is 17.7 Å². The summed E-state index contributed by atoms with van der Waals surface area (Å²) < 4.78 is 0. The molecule has 1 aromatic heterocycles. The second-order valence-corrected chi connectivity index (χ2v) is 4.04. The Hall–Kier alpha value is -2.40. The number of anilines is 2. The van der Waals surface area contributed by atoms with Crippen molar-refractivity contribution in [2.75, 3.05) is 10.7 Å². The average Bonchev–Trinajstić information content (AvgIpc) is 2.48. The van der Waals surface area contributed by atoms with Crippen LogP contribution in [0.5, 0.6) is 0 Å². The van der Waals surface area contributed by atoms with Crippen molar-refractivity contribution in [2.24, 2.45) is 5.84 Å². The topological polar surface area (TPSA) is 80.0 Å². The molecule has 1 aromatic carbocycles. The van der Waals surface area contributed by atoms with E-state index in [2.05, 4.69) is 15.7 Å². The van der Waals surface area contributed by atoms with Gasteiger partial charge in [0.15, 0.2) is 0 Å². The van der Waals surface area contributed by atoms with Crippen LogP contribution in [0.25, 0.3) is 0 Å². The maximum absolute atomic E-state index is 12.1. The number of carbonyl (C=O) groups excluding carboxylic acids is 1. The van der Waals surface area contributed by atoms with E-state index in [4.69, 9.17) is 5.84 Å². The average molecular weight is 256 g/mol. The summed E-state index contributed by atoms with van der Waals surface area (Å²) in [5.41, 5.74) is 4.84. The van der Waals surface area contributed by atoms with Gasteiger partial charge in [0.25, 0.3) is 5.91 Å². The summed E-state index contributed by atoms with van der Waals surface area (Å²) in [5, 5.41) is 2.88. The van der Waals surface area contributed by atoms with E-state index in [-0.39, 0.29) is 5.91 Å².